The maximum absolute atomic E-state index is 10.4. The Kier molecular flexibility index (Phi) is 1.93. The van der Waals surface area contributed by atoms with E-state index in [1.54, 1.807) is 0 Å². The molecule has 0 bridgehead atoms. The summed E-state index contributed by atoms with van der Waals surface area (Å²) in [6.07, 6.45) is 11.8. The van der Waals surface area contributed by atoms with Gasteiger partial charge in [-0.2, -0.15) is 0 Å². The molecule has 0 aromatic carbocycles. The number of carbonyl (C=O) groups excluding carboxylic acids is 1. The molecule has 13 heavy (non-hydrogen) atoms. The van der Waals surface area contributed by atoms with Gasteiger partial charge >= 0.3 is 0 Å². The third-order valence-corrected chi connectivity index (χ3v) is 2.36. The number of hydrogen-bond donors (Lipinski definition) is 0. The molecule has 2 rings (SSSR count). The van der Waals surface area contributed by atoms with Gasteiger partial charge in [-0.3, -0.25) is 0 Å². The van der Waals surface area contributed by atoms with Crippen molar-refractivity contribution in [2.24, 2.45) is 0 Å². The lowest BCUT2D eigenvalue weighted by Gasteiger charge is -2.31. The molecule has 0 aliphatic carbocycles. The van der Waals surface area contributed by atoms with Gasteiger partial charge < -0.3 is 14.6 Å². The van der Waals surface area contributed by atoms with Gasteiger partial charge in [0.2, 0.25) is 0 Å². The van der Waals surface area contributed by atoms with Crippen LogP contribution in [0.2, 0.25) is 0 Å². The third-order valence-electron chi connectivity index (χ3n) is 2.36. The lowest BCUT2D eigenvalue weighted by molar-refractivity contribution is -0.107. The van der Waals surface area contributed by atoms with E-state index in [1.807, 2.05) is 31.6 Å². The molecule has 0 saturated heterocycles. The first-order valence-corrected chi connectivity index (χ1v) is 4.32. The van der Waals surface area contributed by atoms with Crippen LogP contribution in [0.15, 0.2) is 36.3 Å². The fraction of sp³-hybridized carbons (Fsp3) is 0.300. The van der Waals surface area contributed by atoms with Crippen molar-refractivity contribution in [1.29, 1.82) is 0 Å². The summed E-state index contributed by atoms with van der Waals surface area (Å²) < 4.78 is 0. The van der Waals surface area contributed by atoms with E-state index in [0.717, 1.165) is 12.0 Å². The van der Waals surface area contributed by atoms with Gasteiger partial charge in [0, 0.05) is 31.6 Å². The number of hydrogen-bond acceptors (Lipinski definition) is 3. The Hall–Kier alpha value is -1.51. The van der Waals surface area contributed by atoms with Crippen LogP contribution >= 0.6 is 0 Å². The standard InChI is InChI=1S/C10H12N2O/c1-11-6-7-12-9(5-8-13)3-2-4-10(11)12/h2-4,6-8,10H,5H2,1H3. The molecule has 2 aliphatic heterocycles. The van der Waals surface area contributed by atoms with Crippen LogP contribution < -0.4 is 0 Å². The van der Waals surface area contributed by atoms with Gasteiger partial charge in [0.05, 0.1) is 0 Å². The number of nitrogens with zero attached hydrogens (tertiary/aromatic N) is 2. The lowest BCUT2D eigenvalue weighted by atomic mass is 10.2. The van der Waals surface area contributed by atoms with Gasteiger partial charge in [-0.05, 0) is 12.2 Å². The molecule has 0 radical (unpaired) electrons. The topological polar surface area (TPSA) is 23.6 Å². The lowest BCUT2D eigenvalue weighted by Crippen LogP contribution is -2.35. The Morgan fingerprint density at radius 3 is 3.15 bits per heavy atom. The first kappa shape index (κ1) is 8.10. The quantitative estimate of drug-likeness (QED) is 0.588. The van der Waals surface area contributed by atoms with Crippen molar-refractivity contribution in [3.63, 3.8) is 0 Å². The Morgan fingerprint density at radius 1 is 1.54 bits per heavy atom. The zero-order valence-corrected chi connectivity index (χ0v) is 7.55. The molecule has 2 heterocycles. The number of likely N-dealkylation sites (N-methyl/N-ethyl adjacent to an activating group) is 1. The SMILES string of the molecule is CN1C=CN2C(CC=O)=CC=CC12. The van der Waals surface area contributed by atoms with Gasteiger partial charge in [0.15, 0.2) is 0 Å². The molecule has 0 spiro atoms. The van der Waals surface area contributed by atoms with E-state index in [4.69, 9.17) is 0 Å². The summed E-state index contributed by atoms with van der Waals surface area (Å²) in [6.45, 7) is 0. The van der Waals surface area contributed by atoms with Crippen LogP contribution in [0, 0.1) is 0 Å². The summed E-state index contributed by atoms with van der Waals surface area (Å²) in [7, 11) is 2.02. The molecule has 3 nitrogen and oxygen atoms in total. The number of aldehydes is 1. The maximum Gasteiger partial charge on any atom is 0.125 e. The van der Waals surface area contributed by atoms with E-state index in [2.05, 4.69) is 15.9 Å². The summed E-state index contributed by atoms with van der Waals surface area (Å²) in [5.74, 6) is 0. The van der Waals surface area contributed by atoms with Crippen LogP contribution in [0.1, 0.15) is 6.42 Å². The van der Waals surface area contributed by atoms with E-state index in [1.165, 1.54) is 0 Å². The molecular formula is C10H12N2O. The summed E-state index contributed by atoms with van der Waals surface area (Å²) in [5, 5.41) is 0. The molecule has 2 aliphatic rings. The number of allylic oxidation sites excluding steroid dienone is 3. The van der Waals surface area contributed by atoms with Gasteiger partial charge in [-0.15, -0.1) is 0 Å². The monoisotopic (exact) mass is 176 g/mol. The minimum Gasteiger partial charge on any atom is -0.356 e. The third kappa shape index (κ3) is 1.26. The van der Waals surface area contributed by atoms with E-state index >= 15 is 0 Å². The van der Waals surface area contributed by atoms with Gasteiger partial charge in [0.1, 0.15) is 12.5 Å². The molecule has 0 fully saturated rings. The fourth-order valence-corrected chi connectivity index (χ4v) is 1.65. The normalized spacial score (nSPS) is 24.7. The summed E-state index contributed by atoms with van der Waals surface area (Å²) in [6, 6.07) is 0. The number of rotatable bonds is 2. The minimum absolute atomic E-state index is 0.264. The van der Waals surface area contributed by atoms with E-state index in [0.29, 0.717) is 6.42 Å². The van der Waals surface area contributed by atoms with Crippen LogP contribution in [-0.4, -0.2) is 29.3 Å². The van der Waals surface area contributed by atoms with Crippen molar-refractivity contribution in [3.05, 3.63) is 36.3 Å². The molecular weight excluding hydrogens is 164 g/mol. The molecule has 0 N–H and O–H groups in total. The summed E-state index contributed by atoms with van der Waals surface area (Å²) in [5.41, 5.74) is 1.06. The van der Waals surface area contributed by atoms with Gasteiger partial charge in [-0.1, -0.05) is 6.08 Å². The first-order valence-electron chi connectivity index (χ1n) is 4.32. The maximum atomic E-state index is 10.4. The molecule has 0 aromatic rings. The highest BCUT2D eigenvalue weighted by atomic mass is 16.1. The molecule has 68 valence electrons. The van der Waals surface area contributed by atoms with Crippen LogP contribution in [0.3, 0.4) is 0 Å². The van der Waals surface area contributed by atoms with E-state index in [-0.39, 0.29) is 6.17 Å². The number of fused-ring (bicyclic) bond motifs is 1. The average molecular weight is 176 g/mol. The molecule has 1 unspecified atom stereocenters. The highest BCUT2D eigenvalue weighted by molar-refractivity contribution is 5.55. The Bertz CT molecular complexity index is 304. The number of carbonyl (C=O) groups is 1. The molecule has 0 saturated carbocycles. The van der Waals surface area contributed by atoms with Crippen LogP contribution in [0.25, 0.3) is 0 Å². The van der Waals surface area contributed by atoms with Crippen molar-refractivity contribution in [1.82, 2.24) is 9.80 Å². The Morgan fingerprint density at radius 2 is 2.38 bits per heavy atom. The summed E-state index contributed by atoms with van der Waals surface area (Å²) >= 11 is 0. The largest absolute Gasteiger partial charge is 0.356 e. The highest BCUT2D eigenvalue weighted by Gasteiger charge is 2.24. The van der Waals surface area contributed by atoms with E-state index in [9.17, 15) is 4.79 Å². The fourth-order valence-electron chi connectivity index (χ4n) is 1.65. The zero-order valence-electron chi connectivity index (χ0n) is 7.55. The molecule has 0 amide bonds. The predicted octanol–water partition coefficient (Wildman–Crippen LogP) is 1.07. The van der Waals surface area contributed by atoms with Crippen molar-refractivity contribution >= 4 is 6.29 Å². The zero-order chi connectivity index (χ0) is 9.26. The molecule has 3 heteroatoms. The summed E-state index contributed by atoms with van der Waals surface area (Å²) in [4.78, 5) is 14.6. The van der Waals surface area contributed by atoms with Crippen LogP contribution in [0.5, 0.6) is 0 Å². The second-order valence-corrected chi connectivity index (χ2v) is 3.20. The highest BCUT2D eigenvalue weighted by Crippen LogP contribution is 2.25. The van der Waals surface area contributed by atoms with Crippen LogP contribution in [-0.2, 0) is 4.79 Å². The van der Waals surface area contributed by atoms with Gasteiger partial charge in [0.25, 0.3) is 0 Å². The van der Waals surface area contributed by atoms with Crippen LogP contribution in [0.4, 0.5) is 0 Å². The first-order chi connectivity index (χ1) is 6.33. The van der Waals surface area contributed by atoms with Crippen molar-refractivity contribution in [3.8, 4) is 0 Å². The Labute approximate surface area is 77.6 Å². The molecule has 1 atom stereocenters. The van der Waals surface area contributed by atoms with Crippen molar-refractivity contribution in [2.75, 3.05) is 7.05 Å². The smallest absolute Gasteiger partial charge is 0.125 e. The van der Waals surface area contributed by atoms with Crippen molar-refractivity contribution in [2.45, 2.75) is 12.6 Å². The van der Waals surface area contributed by atoms with Crippen molar-refractivity contribution < 1.29 is 4.79 Å². The Balaban J connectivity index is 2.22. The van der Waals surface area contributed by atoms with Gasteiger partial charge in [-0.25, -0.2) is 0 Å². The average Bonchev–Trinajstić information content (AvgIpc) is 2.50. The second kappa shape index (κ2) is 3.09. The van der Waals surface area contributed by atoms with E-state index < -0.39 is 0 Å². The molecule has 0 aromatic heterocycles. The second-order valence-electron chi connectivity index (χ2n) is 3.20. The minimum atomic E-state index is 0.264. The predicted molar refractivity (Wildman–Crippen MR) is 50.4 cm³/mol.